The summed E-state index contributed by atoms with van der Waals surface area (Å²) in [5.74, 6) is 1.71. The van der Waals surface area contributed by atoms with Gasteiger partial charge in [-0.3, -0.25) is 0 Å². The molecule has 0 saturated carbocycles. The molecular formula is C14H15OP. The Kier molecular flexibility index (Phi) is 3.19. The summed E-state index contributed by atoms with van der Waals surface area (Å²) in [5, 5.41) is 1.94. The van der Waals surface area contributed by atoms with E-state index in [0.29, 0.717) is 0 Å². The van der Waals surface area contributed by atoms with Crippen molar-refractivity contribution in [2.24, 2.45) is 0 Å². The molecule has 0 bridgehead atoms. The quantitative estimate of drug-likeness (QED) is 0.803. The van der Waals surface area contributed by atoms with Crippen molar-refractivity contribution in [2.45, 2.75) is 0 Å². The van der Waals surface area contributed by atoms with Gasteiger partial charge in [0.25, 0.3) is 0 Å². The first-order valence-electron chi connectivity index (χ1n) is 5.24. The van der Waals surface area contributed by atoms with Crippen LogP contribution in [-0.2, 0) is 0 Å². The normalized spacial score (nSPS) is 12.1. The van der Waals surface area contributed by atoms with E-state index in [1.54, 1.807) is 5.82 Å². The Labute approximate surface area is 96.5 Å². The van der Waals surface area contributed by atoms with Crippen LogP contribution in [0.2, 0.25) is 0 Å². The van der Waals surface area contributed by atoms with Crippen LogP contribution in [0, 0.1) is 0 Å². The fourth-order valence-corrected chi connectivity index (χ4v) is 3.99. The maximum absolute atomic E-state index is 10.8. The van der Waals surface area contributed by atoms with Crippen molar-refractivity contribution in [1.29, 1.82) is 0 Å². The monoisotopic (exact) mass is 230 g/mol. The van der Waals surface area contributed by atoms with E-state index in [0.717, 1.165) is 10.6 Å². The van der Waals surface area contributed by atoms with Crippen molar-refractivity contribution < 1.29 is 4.89 Å². The average molecular weight is 230 g/mol. The minimum absolute atomic E-state index is 0.969. The summed E-state index contributed by atoms with van der Waals surface area (Å²) in [7, 11) is -2.71. The van der Waals surface area contributed by atoms with Gasteiger partial charge in [-0.05, 0) is 0 Å². The van der Waals surface area contributed by atoms with E-state index < -0.39 is 7.49 Å². The number of benzene rings is 2. The van der Waals surface area contributed by atoms with Gasteiger partial charge in [0, 0.05) is 0 Å². The van der Waals surface area contributed by atoms with Gasteiger partial charge in [-0.2, -0.15) is 0 Å². The van der Waals surface area contributed by atoms with Gasteiger partial charge in [-0.15, -0.1) is 0 Å². The van der Waals surface area contributed by atoms with Crippen LogP contribution in [0.15, 0.2) is 73.1 Å². The summed E-state index contributed by atoms with van der Waals surface area (Å²) < 4.78 is 0. The second kappa shape index (κ2) is 4.61. The zero-order chi connectivity index (χ0) is 11.4. The van der Waals surface area contributed by atoms with E-state index in [9.17, 15) is 4.89 Å². The Hall–Kier alpha value is -1.43. The molecule has 0 atom stereocenters. The second-order valence-corrected chi connectivity index (χ2v) is 6.80. The molecule has 0 aliphatic rings. The molecule has 0 fully saturated rings. The van der Waals surface area contributed by atoms with Crippen LogP contribution < -0.4 is 10.6 Å². The Balaban J connectivity index is 2.53. The standard InChI is InChI=1S/C14H15OP/c1-2-16(15,13-9-5-3-6-10-13)14-11-7-4-8-12-14/h2-12,15-16H,1H2. The molecule has 0 spiro atoms. The van der Waals surface area contributed by atoms with Crippen LogP contribution >= 0.6 is 7.49 Å². The van der Waals surface area contributed by atoms with E-state index in [4.69, 9.17) is 0 Å². The molecule has 82 valence electrons. The molecule has 0 saturated heterocycles. The topological polar surface area (TPSA) is 20.2 Å². The molecule has 0 amide bonds. The van der Waals surface area contributed by atoms with Gasteiger partial charge in [0.05, 0.1) is 0 Å². The SMILES string of the molecule is C=C[PH](O)(c1ccccc1)c1ccccc1. The van der Waals surface area contributed by atoms with E-state index in [1.807, 2.05) is 60.7 Å². The predicted molar refractivity (Wildman–Crippen MR) is 72.9 cm³/mol. The van der Waals surface area contributed by atoms with Crippen LogP contribution in [0.3, 0.4) is 0 Å². The van der Waals surface area contributed by atoms with Crippen molar-refractivity contribution in [3.63, 3.8) is 0 Å². The average Bonchev–Trinajstić information content (AvgIpc) is 2.40. The van der Waals surface area contributed by atoms with Gasteiger partial charge in [0.2, 0.25) is 0 Å². The van der Waals surface area contributed by atoms with Crippen LogP contribution in [-0.4, -0.2) is 4.89 Å². The summed E-state index contributed by atoms with van der Waals surface area (Å²) in [6.07, 6.45) is 0. The third-order valence-electron chi connectivity index (χ3n) is 2.72. The number of rotatable bonds is 3. The summed E-state index contributed by atoms with van der Waals surface area (Å²) in [5.41, 5.74) is 0. The maximum atomic E-state index is 10.8. The molecule has 0 heterocycles. The number of hydrogen-bond acceptors (Lipinski definition) is 1. The molecule has 0 unspecified atom stereocenters. The van der Waals surface area contributed by atoms with Gasteiger partial charge >= 0.3 is 96.1 Å². The minimum atomic E-state index is -2.71. The molecule has 2 rings (SSSR count). The Morgan fingerprint density at radius 2 is 1.19 bits per heavy atom. The predicted octanol–water partition coefficient (Wildman–Crippen LogP) is 2.44. The molecule has 16 heavy (non-hydrogen) atoms. The summed E-state index contributed by atoms with van der Waals surface area (Å²) in [6, 6.07) is 19.5. The van der Waals surface area contributed by atoms with Crippen molar-refractivity contribution in [3.8, 4) is 0 Å². The van der Waals surface area contributed by atoms with Crippen molar-refractivity contribution in [3.05, 3.63) is 73.1 Å². The van der Waals surface area contributed by atoms with E-state index >= 15 is 0 Å². The third-order valence-corrected chi connectivity index (χ3v) is 5.74. The van der Waals surface area contributed by atoms with E-state index in [2.05, 4.69) is 6.58 Å². The summed E-state index contributed by atoms with van der Waals surface area (Å²) in [4.78, 5) is 10.8. The fourth-order valence-electron chi connectivity index (χ4n) is 1.79. The Bertz CT molecular complexity index is 425. The first-order chi connectivity index (χ1) is 7.77. The van der Waals surface area contributed by atoms with Crippen LogP contribution in [0.5, 0.6) is 0 Å². The van der Waals surface area contributed by atoms with Gasteiger partial charge in [-0.25, -0.2) is 0 Å². The molecule has 1 N–H and O–H groups in total. The first-order valence-corrected chi connectivity index (χ1v) is 7.27. The Morgan fingerprint density at radius 1 is 0.812 bits per heavy atom. The van der Waals surface area contributed by atoms with Crippen molar-refractivity contribution in [1.82, 2.24) is 0 Å². The number of hydrogen-bond donors (Lipinski definition) is 1. The zero-order valence-electron chi connectivity index (χ0n) is 9.01. The molecule has 2 aromatic rings. The van der Waals surface area contributed by atoms with Crippen molar-refractivity contribution >= 4 is 18.1 Å². The van der Waals surface area contributed by atoms with E-state index in [-0.39, 0.29) is 0 Å². The summed E-state index contributed by atoms with van der Waals surface area (Å²) >= 11 is 0. The van der Waals surface area contributed by atoms with Gasteiger partial charge in [0.15, 0.2) is 0 Å². The van der Waals surface area contributed by atoms with Gasteiger partial charge in [0.1, 0.15) is 0 Å². The molecular weight excluding hydrogens is 215 g/mol. The Morgan fingerprint density at radius 3 is 1.50 bits per heavy atom. The van der Waals surface area contributed by atoms with Crippen LogP contribution in [0.1, 0.15) is 0 Å². The molecule has 0 aliphatic heterocycles. The van der Waals surface area contributed by atoms with E-state index in [1.165, 1.54) is 0 Å². The first kappa shape index (κ1) is 11.1. The van der Waals surface area contributed by atoms with Crippen molar-refractivity contribution in [2.75, 3.05) is 0 Å². The van der Waals surface area contributed by atoms with Crippen LogP contribution in [0.4, 0.5) is 0 Å². The molecule has 0 radical (unpaired) electrons. The second-order valence-electron chi connectivity index (χ2n) is 3.70. The van der Waals surface area contributed by atoms with Gasteiger partial charge < -0.3 is 0 Å². The fraction of sp³-hybridized carbons (Fsp3) is 0. The molecule has 2 aromatic carbocycles. The van der Waals surface area contributed by atoms with Gasteiger partial charge in [-0.1, -0.05) is 0 Å². The third kappa shape index (κ3) is 1.92. The molecule has 2 heteroatoms. The zero-order valence-corrected chi connectivity index (χ0v) is 10.0. The summed E-state index contributed by atoms with van der Waals surface area (Å²) in [6.45, 7) is 3.80. The molecule has 1 nitrogen and oxygen atoms in total. The molecule has 0 aliphatic carbocycles. The van der Waals surface area contributed by atoms with Crippen LogP contribution in [0.25, 0.3) is 0 Å². The molecule has 0 aromatic heterocycles.